The van der Waals surface area contributed by atoms with E-state index in [2.05, 4.69) is 20.8 Å². The molecule has 3 amide bonds. The second-order valence-corrected chi connectivity index (χ2v) is 8.24. The number of rotatable bonds is 6. The van der Waals surface area contributed by atoms with Gasteiger partial charge in [-0.2, -0.15) is 0 Å². The van der Waals surface area contributed by atoms with Crippen LogP contribution in [0.1, 0.15) is 30.3 Å². The molecule has 2 heterocycles. The van der Waals surface area contributed by atoms with E-state index in [-0.39, 0.29) is 24.3 Å². The number of esters is 1. The van der Waals surface area contributed by atoms with Crippen molar-refractivity contribution in [1.82, 2.24) is 25.4 Å². The van der Waals surface area contributed by atoms with Gasteiger partial charge in [-0.05, 0) is 38.0 Å². The van der Waals surface area contributed by atoms with Gasteiger partial charge >= 0.3 is 12.0 Å². The fraction of sp³-hybridized carbons (Fsp3) is 0.421. The summed E-state index contributed by atoms with van der Waals surface area (Å²) in [6.07, 6.45) is 0.485. The van der Waals surface area contributed by atoms with Crippen molar-refractivity contribution in [3.8, 4) is 5.69 Å². The summed E-state index contributed by atoms with van der Waals surface area (Å²) in [5.74, 6) is -0.0907. The first kappa shape index (κ1) is 20.8. The molecule has 0 bridgehead atoms. The number of imide groups is 1. The summed E-state index contributed by atoms with van der Waals surface area (Å²) in [4.78, 5) is 35.2. The average molecular weight is 417 g/mol. The molecule has 3 rings (SSSR count). The first-order valence-corrected chi connectivity index (χ1v) is 10.0. The minimum absolute atomic E-state index is 0.159. The van der Waals surface area contributed by atoms with Crippen molar-refractivity contribution >= 4 is 29.7 Å². The van der Waals surface area contributed by atoms with E-state index in [9.17, 15) is 14.4 Å². The van der Waals surface area contributed by atoms with Gasteiger partial charge in [-0.3, -0.25) is 19.5 Å². The molecule has 1 aliphatic heterocycles. The van der Waals surface area contributed by atoms with Crippen molar-refractivity contribution in [3.63, 3.8) is 0 Å². The molecule has 0 spiro atoms. The fourth-order valence-electron chi connectivity index (χ4n) is 3.10. The van der Waals surface area contributed by atoms with E-state index >= 15 is 0 Å². The number of amides is 3. The molecular formula is C19H23N5O4S. The molecule has 1 aliphatic rings. The summed E-state index contributed by atoms with van der Waals surface area (Å²) in [7, 11) is 1.34. The lowest BCUT2D eigenvalue weighted by Crippen LogP contribution is -2.53. The molecule has 9 nitrogen and oxygen atoms in total. The summed E-state index contributed by atoms with van der Waals surface area (Å²) in [6, 6.07) is 5.13. The third-order valence-electron chi connectivity index (χ3n) is 4.57. The van der Waals surface area contributed by atoms with Gasteiger partial charge in [0.05, 0.1) is 12.8 Å². The molecule has 1 saturated heterocycles. The number of urea groups is 1. The van der Waals surface area contributed by atoms with Crippen LogP contribution in [-0.4, -0.2) is 51.1 Å². The van der Waals surface area contributed by atoms with E-state index in [1.165, 1.54) is 18.9 Å². The van der Waals surface area contributed by atoms with E-state index in [1.54, 1.807) is 6.92 Å². The van der Waals surface area contributed by atoms with Crippen molar-refractivity contribution in [1.29, 1.82) is 0 Å². The Kier molecular flexibility index (Phi) is 6.21. The molecule has 2 N–H and O–H groups in total. The van der Waals surface area contributed by atoms with Crippen LogP contribution in [0.15, 0.2) is 23.4 Å². The van der Waals surface area contributed by atoms with Crippen LogP contribution in [0.5, 0.6) is 0 Å². The predicted octanol–water partition coefficient (Wildman–Crippen LogP) is 1.68. The molecule has 154 valence electrons. The first-order chi connectivity index (χ1) is 13.8. The topological polar surface area (TPSA) is 115 Å². The summed E-state index contributed by atoms with van der Waals surface area (Å²) in [6.45, 7) is 5.71. The summed E-state index contributed by atoms with van der Waals surface area (Å²) < 4.78 is 6.70. The highest BCUT2D eigenvalue weighted by atomic mass is 32.2. The number of methoxy groups -OCH3 is 1. The number of ether oxygens (including phenoxy) is 1. The molecular weight excluding hydrogens is 394 g/mol. The van der Waals surface area contributed by atoms with Gasteiger partial charge in [0.15, 0.2) is 5.16 Å². The fourth-order valence-corrected chi connectivity index (χ4v) is 4.01. The second-order valence-electron chi connectivity index (χ2n) is 6.93. The van der Waals surface area contributed by atoms with Gasteiger partial charge in [0.2, 0.25) is 5.91 Å². The smallest absolute Gasteiger partial charge is 0.321 e. The first-order valence-electron chi connectivity index (χ1n) is 9.15. The standard InChI is InChI=1S/C19H23N5O4S/c1-10-5-6-11(2)14(7-10)24-15(8-13-9-16(25)21-18(27)20-13)22-23-19(24)29-12(3)17(26)28-4/h5-7,12-13H,8-9H2,1-4H3,(H2,20,21,25,27). The van der Waals surface area contributed by atoms with E-state index in [0.717, 1.165) is 16.8 Å². The molecule has 1 aromatic carbocycles. The highest BCUT2D eigenvalue weighted by Gasteiger charge is 2.28. The minimum atomic E-state index is -0.516. The number of carbonyl (C=O) groups excluding carboxylic acids is 3. The second kappa shape index (κ2) is 8.64. The molecule has 2 unspecified atom stereocenters. The molecule has 1 fully saturated rings. The highest BCUT2D eigenvalue weighted by Crippen LogP contribution is 2.29. The number of carbonyl (C=O) groups is 3. The molecule has 29 heavy (non-hydrogen) atoms. The van der Waals surface area contributed by atoms with Crippen LogP contribution in [0.25, 0.3) is 5.69 Å². The van der Waals surface area contributed by atoms with Crippen LogP contribution in [0, 0.1) is 13.8 Å². The van der Waals surface area contributed by atoms with Crippen molar-refractivity contribution < 1.29 is 19.1 Å². The van der Waals surface area contributed by atoms with Crippen LogP contribution < -0.4 is 10.6 Å². The zero-order chi connectivity index (χ0) is 21.1. The third-order valence-corrected chi connectivity index (χ3v) is 5.59. The van der Waals surface area contributed by atoms with E-state index < -0.39 is 11.3 Å². The number of thioether (sulfide) groups is 1. The number of aromatic nitrogens is 3. The Morgan fingerprint density at radius 2 is 2.10 bits per heavy atom. The number of aryl methyl sites for hydroxylation is 2. The minimum Gasteiger partial charge on any atom is -0.468 e. The Morgan fingerprint density at radius 3 is 2.79 bits per heavy atom. The van der Waals surface area contributed by atoms with Gasteiger partial charge in [-0.1, -0.05) is 23.9 Å². The monoisotopic (exact) mass is 417 g/mol. The normalized spacial score (nSPS) is 17.4. The van der Waals surface area contributed by atoms with Crippen LogP contribution in [0.4, 0.5) is 4.79 Å². The molecule has 2 aromatic rings. The van der Waals surface area contributed by atoms with E-state index in [0.29, 0.717) is 17.4 Å². The van der Waals surface area contributed by atoms with Gasteiger partial charge in [0.25, 0.3) is 0 Å². The molecule has 0 saturated carbocycles. The molecule has 2 atom stereocenters. The summed E-state index contributed by atoms with van der Waals surface area (Å²) in [5.41, 5.74) is 2.96. The number of hydrogen-bond donors (Lipinski definition) is 2. The quantitative estimate of drug-likeness (QED) is 0.543. The number of hydrogen-bond acceptors (Lipinski definition) is 7. The summed E-state index contributed by atoms with van der Waals surface area (Å²) >= 11 is 1.24. The summed E-state index contributed by atoms with van der Waals surface area (Å²) in [5, 5.41) is 13.6. The number of nitrogens with zero attached hydrogens (tertiary/aromatic N) is 3. The Bertz CT molecular complexity index is 942. The van der Waals surface area contributed by atoms with Crippen LogP contribution in [-0.2, 0) is 20.7 Å². The zero-order valence-electron chi connectivity index (χ0n) is 16.7. The SMILES string of the molecule is COC(=O)C(C)Sc1nnc(CC2CC(=O)NC(=O)N2)n1-c1cc(C)ccc1C. The lowest BCUT2D eigenvalue weighted by atomic mass is 10.1. The van der Waals surface area contributed by atoms with Crippen molar-refractivity contribution in [2.45, 2.75) is 50.1 Å². The van der Waals surface area contributed by atoms with Gasteiger partial charge in [-0.15, -0.1) is 10.2 Å². The van der Waals surface area contributed by atoms with Crippen molar-refractivity contribution in [3.05, 3.63) is 35.2 Å². The molecule has 1 aromatic heterocycles. The van der Waals surface area contributed by atoms with E-state index in [1.807, 2.05) is 36.6 Å². The maximum atomic E-state index is 11.9. The Labute approximate surface area is 172 Å². The molecule has 0 aliphatic carbocycles. The van der Waals surface area contributed by atoms with Crippen molar-refractivity contribution in [2.24, 2.45) is 0 Å². The molecule has 0 radical (unpaired) electrons. The Morgan fingerprint density at radius 1 is 1.34 bits per heavy atom. The van der Waals surface area contributed by atoms with Gasteiger partial charge in [0, 0.05) is 18.9 Å². The van der Waals surface area contributed by atoms with Crippen LogP contribution in [0.2, 0.25) is 0 Å². The van der Waals surface area contributed by atoms with Gasteiger partial charge < -0.3 is 10.1 Å². The Balaban J connectivity index is 2.00. The predicted molar refractivity (Wildman–Crippen MR) is 107 cm³/mol. The maximum absolute atomic E-state index is 11.9. The van der Waals surface area contributed by atoms with Gasteiger partial charge in [0.1, 0.15) is 11.1 Å². The largest absolute Gasteiger partial charge is 0.468 e. The average Bonchev–Trinajstić information content (AvgIpc) is 3.04. The zero-order valence-corrected chi connectivity index (χ0v) is 17.5. The lowest BCUT2D eigenvalue weighted by molar-refractivity contribution is -0.139. The lowest BCUT2D eigenvalue weighted by Gasteiger charge is -2.23. The Hall–Kier alpha value is -2.88. The number of benzene rings is 1. The highest BCUT2D eigenvalue weighted by molar-refractivity contribution is 8.00. The third kappa shape index (κ3) is 4.76. The maximum Gasteiger partial charge on any atom is 0.321 e. The van der Waals surface area contributed by atoms with Crippen LogP contribution >= 0.6 is 11.8 Å². The van der Waals surface area contributed by atoms with Crippen molar-refractivity contribution in [2.75, 3.05) is 7.11 Å². The van der Waals surface area contributed by atoms with E-state index in [4.69, 9.17) is 4.74 Å². The number of nitrogens with one attached hydrogen (secondary N) is 2. The molecule has 10 heteroatoms. The van der Waals surface area contributed by atoms with Gasteiger partial charge in [-0.25, -0.2) is 4.79 Å². The van der Waals surface area contributed by atoms with Crippen LogP contribution in [0.3, 0.4) is 0 Å².